The van der Waals surface area contributed by atoms with E-state index in [2.05, 4.69) is 15.6 Å². The Hall–Kier alpha value is -0.680. The number of aromatic nitrogens is 1. The molecule has 5 heteroatoms. The highest BCUT2D eigenvalue weighted by molar-refractivity contribution is 7.80. The van der Waals surface area contributed by atoms with Gasteiger partial charge in [0.1, 0.15) is 0 Å². The molecule has 0 atom stereocenters. The summed E-state index contributed by atoms with van der Waals surface area (Å²) in [4.78, 5) is 5.12. The summed E-state index contributed by atoms with van der Waals surface area (Å²) in [6, 6.07) is 0. The molecule has 0 aliphatic heterocycles. The number of hydrogen-bond acceptors (Lipinski definition) is 3. The van der Waals surface area contributed by atoms with Crippen LogP contribution in [0.3, 0.4) is 0 Å². The highest BCUT2D eigenvalue weighted by Crippen LogP contribution is 2.03. The molecule has 0 aliphatic carbocycles. The SMILES string of the molecule is CNC(=S)NCc1cncs1. The van der Waals surface area contributed by atoms with Gasteiger partial charge in [-0.25, -0.2) is 0 Å². The van der Waals surface area contributed by atoms with E-state index in [0.717, 1.165) is 6.54 Å². The first-order valence-electron chi connectivity index (χ1n) is 3.16. The number of hydrogen-bond donors (Lipinski definition) is 2. The zero-order chi connectivity index (χ0) is 8.10. The zero-order valence-corrected chi connectivity index (χ0v) is 7.76. The molecule has 3 nitrogen and oxygen atoms in total. The van der Waals surface area contributed by atoms with Gasteiger partial charge in [0.05, 0.1) is 12.1 Å². The summed E-state index contributed by atoms with van der Waals surface area (Å²) in [5.74, 6) is 0. The molecule has 0 amide bonds. The van der Waals surface area contributed by atoms with Crippen LogP contribution in [0.2, 0.25) is 0 Å². The second kappa shape index (κ2) is 4.25. The number of rotatable bonds is 2. The molecule has 0 saturated heterocycles. The largest absolute Gasteiger partial charge is 0.366 e. The molecule has 1 aromatic heterocycles. The van der Waals surface area contributed by atoms with Crippen molar-refractivity contribution >= 4 is 28.7 Å². The van der Waals surface area contributed by atoms with Gasteiger partial charge in [-0.3, -0.25) is 4.98 Å². The van der Waals surface area contributed by atoms with Gasteiger partial charge in [-0.05, 0) is 12.2 Å². The first-order valence-corrected chi connectivity index (χ1v) is 4.44. The van der Waals surface area contributed by atoms with Crippen LogP contribution >= 0.6 is 23.6 Å². The van der Waals surface area contributed by atoms with E-state index in [-0.39, 0.29) is 0 Å². The van der Waals surface area contributed by atoms with Gasteiger partial charge in [0.15, 0.2) is 5.11 Å². The molecule has 0 bridgehead atoms. The molecule has 0 aliphatic rings. The van der Waals surface area contributed by atoms with E-state index in [1.807, 2.05) is 6.20 Å². The minimum Gasteiger partial charge on any atom is -0.366 e. The van der Waals surface area contributed by atoms with Crippen LogP contribution in [0.15, 0.2) is 11.7 Å². The Balaban J connectivity index is 2.29. The van der Waals surface area contributed by atoms with Crippen LogP contribution in [0.1, 0.15) is 4.88 Å². The summed E-state index contributed by atoms with van der Waals surface area (Å²) in [5, 5.41) is 6.52. The smallest absolute Gasteiger partial charge is 0.166 e. The average molecular weight is 187 g/mol. The van der Waals surface area contributed by atoms with Crippen LogP contribution in [-0.2, 0) is 6.54 Å². The summed E-state index contributed by atoms with van der Waals surface area (Å²) in [6.45, 7) is 0.754. The highest BCUT2D eigenvalue weighted by atomic mass is 32.1. The van der Waals surface area contributed by atoms with Gasteiger partial charge in [0.2, 0.25) is 0 Å². The Morgan fingerprint density at radius 1 is 1.82 bits per heavy atom. The lowest BCUT2D eigenvalue weighted by Crippen LogP contribution is -2.31. The van der Waals surface area contributed by atoms with Crippen LogP contribution < -0.4 is 10.6 Å². The minimum atomic E-state index is 0.665. The van der Waals surface area contributed by atoms with Crippen molar-refractivity contribution in [1.29, 1.82) is 0 Å². The lowest BCUT2D eigenvalue weighted by atomic mass is 10.5. The third-order valence-electron chi connectivity index (χ3n) is 1.13. The quantitative estimate of drug-likeness (QED) is 0.670. The number of nitrogens with one attached hydrogen (secondary N) is 2. The number of thiazole rings is 1. The minimum absolute atomic E-state index is 0.665. The van der Waals surface area contributed by atoms with Gasteiger partial charge < -0.3 is 10.6 Å². The molecule has 0 saturated carbocycles. The molecule has 60 valence electrons. The Morgan fingerprint density at radius 3 is 3.18 bits per heavy atom. The maximum atomic E-state index is 4.89. The molecular weight excluding hydrogens is 178 g/mol. The van der Waals surface area contributed by atoms with E-state index in [4.69, 9.17) is 12.2 Å². The first-order chi connectivity index (χ1) is 5.33. The van der Waals surface area contributed by atoms with E-state index in [1.165, 1.54) is 4.88 Å². The van der Waals surface area contributed by atoms with Gasteiger partial charge in [-0.1, -0.05) is 0 Å². The summed E-state index contributed by atoms with van der Waals surface area (Å²) in [6.07, 6.45) is 1.83. The number of nitrogens with zero attached hydrogens (tertiary/aromatic N) is 1. The van der Waals surface area contributed by atoms with Gasteiger partial charge in [-0.15, -0.1) is 11.3 Å². The molecular formula is C6H9N3S2. The Kier molecular flexibility index (Phi) is 3.25. The second-order valence-corrected chi connectivity index (χ2v) is 3.28. The highest BCUT2D eigenvalue weighted by Gasteiger charge is 1.94. The fourth-order valence-electron chi connectivity index (χ4n) is 0.585. The van der Waals surface area contributed by atoms with Crippen molar-refractivity contribution in [2.45, 2.75) is 6.54 Å². The molecule has 1 aromatic rings. The predicted octanol–water partition coefficient (Wildman–Crippen LogP) is 0.737. The predicted molar refractivity (Wildman–Crippen MR) is 50.6 cm³/mol. The van der Waals surface area contributed by atoms with E-state index in [1.54, 1.807) is 23.9 Å². The van der Waals surface area contributed by atoms with Crippen molar-refractivity contribution in [3.8, 4) is 0 Å². The van der Waals surface area contributed by atoms with E-state index in [0.29, 0.717) is 5.11 Å². The van der Waals surface area contributed by atoms with Crippen LogP contribution in [-0.4, -0.2) is 17.1 Å². The third-order valence-corrected chi connectivity index (χ3v) is 2.26. The van der Waals surface area contributed by atoms with E-state index < -0.39 is 0 Å². The maximum Gasteiger partial charge on any atom is 0.166 e. The van der Waals surface area contributed by atoms with Crippen molar-refractivity contribution in [3.05, 3.63) is 16.6 Å². The number of thiocarbonyl (C=S) groups is 1. The molecule has 0 unspecified atom stereocenters. The summed E-state index contributed by atoms with van der Waals surface area (Å²) in [5.41, 5.74) is 1.80. The van der Waals surface area contributed by atoms with E-state index >= 15 is 0 Å². The van der Waals surface area contributed by atoms with Gasteiger partial charge in [-0.2, -0.15) is 0 Å². The molecule has 2 N–H and O–H groups in total. The molecule has 0 radical (unpaired) electrons. The summed E-state index contributed by atoms with van der Waals surface area (Å²) in [7, 11) is 1.79. The van der Waals surface area contributed by atoms with Crippen LogP contribution in [0, 0.1) is 0 Å². The topological polar surface area (TPSA) is 37.0 Å². The zero-order valence-electron chi connectivity index (χ0n) is 6.13. The van der Waals surface area contributed by atoms with Crippen LogP contribution in [0.4, 0.5) is 0 Å². The summed E-state index contributed by atoms with van der Waals surface area (Å²) < 4.78 is 0. The lowest BCUT2D eigenvalue weighted by Gasteiger charge is -2.03. The van der Waals surface area contributed by atoms with Gasteiger partial charge >= 0.3 is 0 Å². The molecule has 0 spiro atoms. The Morgan fingerprint density at radius 2 is 2.64 bits per heavy atom. The molecule has 1 heterocycles. The van der Waals surface area contributed by atoms with Crippen LogP contribution in [0.5, 0.6) is 0 Å². The van der Waals surface area contributed by atoms with Gasteiger partial charge in [0, 0.05) is 18.1 Å². The average Bonchev–Trinajstić information content (AvgIpc) is 2.52. The molecule has 0 fully saturated rings. The van der Waals surface area contributed by atoms with Crippen LogP contribution in [0.25, 0.3) is 0 Å². The Bertz CT molecular complexity index is 220. The van der Waals surface area contributed by atoms with Crippen molar-refractivity contribution in [1.82, 2.24) is 15.6 Å². The second-order valence-electron chi connectivity index (χ2n) is 1.90. The maximum absolute atomic E-state index is 4.89. The molecule has 1 rings (SSSR count). The van der Waals surface area contributed by atoms with Gasteiger partial charge in [0.25, 0.3) is 0 Å². The lowest BCUT2D eigenvalue weighted by molar-refractivity contribution is 0.903. The molecule has 0 aromatic carbocycles. The Labute approximate surface area is 74.8 Å². The van der Waals surface area contributed by atoms with Crippen molar-refractivity contribution in [3.63, 3.8) is 0 Å². The normalized spacial score (nSPS) is 9.18. The third kappa shape index (κ3) is 2.81. The fourth-order valence-corrected chi connectivity index (χ4v) is 1.19. The summed E-state index contributed by atoms with van der Waals surface area (Å²) >= 11 is 6.50. The van der Waals surface area contributed by atoms with Crippen molar-refractivity contribution < 1.29 is 0 Å². The monoisotopic (exact) mass is 187 g/mol. The van der Waals surface area contributed by atoms with E-state index in [9.17, 15) is 0 Å². The van der Waals surface area contributed by atoms with Crippen molar-refractivity contribution in [2.24, 2.45) is 0 Å². The first kappa shape index (κ1) is 8.42. The van der Waals surface area contributed by atoms with Crippen molar-refractivity contribution in [2.75, 3.05) is 7.05 Å². The fraction of sp³-hybridized carbons (Fsp3) is 0.333. The molecule has 11 heavy (non-hydrogen) atoms. The standard InChI is InChI=1S/C6H9N3S2/c1-7-6(10)9-3-5-2-8-4-11-5/h2,4H,3H2,1H3,(H2,7,9,10).